The fourth-order valence-electron chi connectivity index (χ4n) is 3.04. The Morgan fingerprint density at radius 3 is 2.65 bits per heavy atom. The van der Waals surface area contributed by atoms with Gasteiger partial charge in [0.2, 0.25) is 0 Å². The van der Waals surface area contributed by atoms with E-state index in [4.69, 9.17) is 4.74 Å². The van der Waals surface area contributed by atoms with E-state index < -0.39 is 0 Å². The summed E-state index contributed by atoms with van der Waals surface area (Å²) in [6, 6.07) is 3.74. The maximum atomic E-state index is 12.7. The fourth-order valence-corrected chi connectivity index (χ4v) is 4.19. The molecule has 0 unspecified atom stereocenters. The predicted molar refractivity (Wildman–Crippen MR) is 108 cm³/mol. The van der Waals surface area contributed by atoms with Gasteiger partial charge in [0.15, 0.2) is 0 Å². The van der Waals surface area contributed by atoms with Gasteiger partial charge in [-0.2, -0.15) is 0 Å². The number of carbonyl (C=O) groups excluding carboxylic acids is 1. The first-order chi connectivity index (χ1) is 12.5. The summed E-state index contributed by atoms with van der Waals surface area (Å²) in [6.07, 6.45) is 0. The Morgan fingerprint density at radius 2 is 2.04 bits per heavy atom. The average molecular weight is 439 g/mol. The number of rotatable bonds is 4. The third-order valence-electron chi connectivity index (χ3n) is 4.43. The van der Waals surface area contributed by atoms with Gasteiger partial charge in [-0.05, 0) is 31.5 Å². The van der Waals surface area contributed by atoms with Gasteiger partial charge in [-0.15, -0.1) is 11.3 Å². The summed E-state index contributed by atoms with van der Waals surface area (Å²) < 4.78 is 6.33. The Bertz CT molecular complexity index is 787. The highest BCUT2D eigenvalue weighted by atomic mass is 79.9. The summed E-state index contributed by atoms with van der Waals surface area (Å²) in [5.41, 5.74) is 2.80. The van der Waals surface area contributed by atoms with Gasteiger partial charge in [-0.25, -0.2) is 9.78 Å². The molecule has 3 rings (SSSR count). The quantitative estimate of drug-likeness (QED) is 0.786. The Balaban J connectivity index is 1.57. The van der Waals surface area contributed by atoms with Crippen molar-refractivity contribution < 1.29 is 9.53 Å². The largest absolute Gasteiger partial charge is 0.495 e. The molecule has 0 radical (unpaired) electrons. The summed E-state index contributed by atoms with van der Waals surface area (Å²) >= 11 is 5.13. The topological polar surface area (TPSA) is 57.7 Å². The second kappa shape index (κ2) is 8.37. The van der Waals surface area contributed by atoms with Crippen molar-refractivity contribution in [2.45, 2.75) is 20.4 Å². The third kappa shape index (κ3) is 4.55. The van der Waals surface area contributed by atoms with Crippen LogP contribution in [0, 0.1) is 13.8 Å². The van der Waals surface area contributed by atoms with Crippen LogP contribution in [0.2, 0.25) is 0 Å². The van der Waals surface area contributed by atoms with Crippen LogP contribution in [0.5, 0.6) is 5.75 Å². The van der Waals surface area contributed by atoms with Crippen molar-refractivity contribution in [2.75, 3.05) is 38.6 Å². The number of nitrogens with zero attached hydrogens (tertiary/aromatic N) is 3. The zero-order chi connectivity index (χ0) is 18.7. The molecule has 26 heavy (non-hydrogen) atoms. The molecule has 8 heteroatoms. The Morgan fingerprint density at radius 1 is 1.31 bits per heavy atom. The molecule has 1 aromatic carbocycles. The van der Waals surface area contributed by atoms with E-state index >= 15 is 0 Å². The zero-order valence-electron chi connectivity index (χ0n) is 15.2. The molecule has 2 heterocycles. The van der Waals surface area contributed by atoms with Gasteiger partial charge in [-0.1, -0.05) is 15.9 Å². The van der Waals surface area contributed by atoms with Crippen molar-refractivity contribution in [2.24, 2.45) is 0 Å². The van der Waals surface area contributed by atoms with Gasteiger partial charge >= 0.3 is 6.03 Å². The van der Waals surface area contributed by atoms with E-state index in [0.717, 1.165) is 46.1 Å². The average Bonchev–Trinajstić information content (AvgIpc) is 3.02. The van der Waals surface area contributed by atoms with Gasteiger partial charge in [0.1, 0.15) is 5.75 Å². The molecule has 1 N–H and O–H groups in total. The summed E-state index contributed by atoms with van der Waals surface area (Å²) in [6.45, 7) is 7.92. The maximum absolute atomic E-state index is 12.7. The minimum absolute atomic E-state index is 0.0853. The number of nitrogens with one attached hydrogen (secondary N) is 1. The van der Waals surface area contributed by atoms with Crippen molar-refractivity contribution in [3.8, 4) is 5.75 Å². The highest BCUT2D eigenvalue weighted by molar-refractivity contribution is 9.10. The van der Waals surface area contributed by atoms with Crippen LogP contribution in [0.4, 0.5) is 10.5 Å². The third-order valence-corrected chi connectivity index (χ3v) is 5.71. The smallest absolute Gasteiger partial charge is 0.322 e. The van der Waals surface area contributed by atoms with Gasteiger partial charge < -0.3 is 15.0 Å². The number of anilines is 1. The van der Waals surface area contributed by atoms with E-state index in [1.165, 1.54) is 0 Å². The molecule has 0 saturated carbocycles. The van der Waals surface area contributed by atoms with E-state index in [0.29, 0.717) is 18.8 Å². The molecule has 0 spiro atoms. The minimum Gasteiger partial charge on any atom is -0.495 e. The van der Waals surface area contributed by atoms with Gasteiger partial charge in [0.25, 0.3) is 0 Å². The Kier molecular flexibility index (Phi) is 6.16. The molecule has 1 aliphatic rings. The number of piperazine rings is 1. The lowest BCUT2D eigenvalue weighted by atomic mass is 10.2. The maximum Gasteiger partial charge on any atom is 0.322 e. The summed E-state index contributed by atoms with van der Waals surface area (Å²) in [7, 11) is 1.61. The first kappa shape index (κ1) is 19.1. The molecule has 0 bridgehead atoms. The molecule has 140 valence electrons. The number of urea groups is 1. The first-order valence-electron chi connectivity index (χ1n) is 8.49. The van der Waals surface area contributed by atoms with Crippen LogP contribution in [0.15, 0.2) is 22.0 Å². The van der Waals surface area contributed by atoms with Crippen molar-refractivity contribution in [3.63, 3.8) is 0 Å². The number of thiazole rings is 1. The van der Waals surface area contributed by atoms with Crippen LogP contribution in [-0.4, -0.2) is 54.1 Å². The van der Waals surface area contributed by atoms with Crippen molar-refractivity contribution in [1.29, 1.82) is 0 Å². The van der Waals surface area contributed by atoms with Crippen molar-refractivity contribution >= 4 is 39.0 Å². The van der Waals surface area contributed by atoms with E-state index in [-0.39, 0.29) is 6.03 Å². The lowest BCUT2D eigenvalue weighted by Crippen LogP contribution is -2.49. The number of benzene rings is 1. The molecule has 1 fully saturated rings. The van der Waals surface area contributed by atoms with Gasteiger partial charge in [0.05, 0.1) is 23.5 Å². The molecule has 2 amide bonds. The Labute approximate surface area is 166 Å². The molecular formula is C18H23BrN4O2S. The molecule has 1 aliphatic heterocycles. The Hall–Kier alpha value is -1.64. The molecule has 1 saturated heterocycles. The van der Waals surface area contributed by atoms with E-state index in [2.05, 4.69) is 36.5 Å². The number of hydrogen-bond donors (Lipinski definition) is 1. The molecule has 0 aliphatic carbocycles. The highest BCUT2D eigenvalue weighted by Crippen LogP contribution is 2.32. The SMILES string of the molecule is COc1cc(Br)cc(C)c1NC(=O)N1CCN(Cc2csc(C)n2)CC1. The molecule has 2 aromatic rings. The number of carbonyl (C=O) groups is 1. The standard InChI is InChI=1S/C18H23BrN4O2S/c1-12-8-14(19)9-16(25-3)17(12)21-18(24)23-6-4-22(5-7-23)10-15-11-26-13(2)20-15/h8-9,11H,4-7,10H2,1-3H3,(H,21,24). The molecular weight excluding hydrogens is 416 g/mol. The molecule has 6 nitrogen and oxygen atoms in total. The molecule has 0 atom stereocenters. The minimum atomic E-state index is -0.0853. The first-order valence-corrected chi connectivity index (χ1v) is 10.2. The van der Waals surface area contributed by atoms with Crippen LogP contribution in [-0.2, 0) is 6.54 Å². The summed E-state index contributed by atoms with van der Waals surface area (Å²) in [5, 5.41) is 6.21. The number of aryl methyl sites for hydroxylation is 2. The molecule has 1 aromatic heterocycles. The van der Waals surface area contributed by atoms with Crippen LogP contribution < -0.4 is 10.1 Å². The highest BCUT2D eigenvalue weighted by Gasteiger charge is 2.23. The van der Waals surface area contributed by atoms with E-state index in [9.17, 15) is 4.79 Å². The van der Waals surface area contributed by atoms with E-state index in [1.54, 1.807) is 18.4 Å². The number of aromatic nitrogens is 1. The lowest BCUT2D eigenvalue weighted by molar-refractivity contribution is 0.142. The van der Waals surface area contributed by atoms with Crippen molar-refractivity contribution in [1.82, 2.24) is 14.8 Å². The number of methoxy groups -OCH3 is 1. The summed E-state index contributed by atoms with van der Waals surface area (Å²) in [4.78, 5) is 21.4. The van der Waals surface area contributed by atoms with Gasteiger partial charge in [-0.3, -0.25) is 4.90 Å². The summed E-state index contributed by atoms with van der Waals surface area (Å²) in [5.74, 6) is 0.655. The predicted octanol–water partition coefficient (Wildman–Crippen LogP) is 3.88. The zero-order valence-corrected chi connectivity index (χ0v) is 17.6. The second-order valence-electron chi connectivity index (χ2n) is 6.35. The van der Waals surface area contributed by atoms with Crippen LogP contribution in [0.1, 0.15) is 16.3 Å². The van der Waals surface area contributed by atoms with E-state index in [1.807, 2.05) is 30.9 Å². The second-order valence-corrected chi connectivity index (χ2v) is 8.33. The number of hydrogen-bond acceptors (Lipinski definition) is 5. The lowest BCUT2D eigenvalue weighted by Gasteiger charge is -2.34. The normalized spacial score (nSPS) is 15.2. The number of halogens is 1. The monoisotopic (exact) mass is 438 g/mol. The van der Waals surface area contributed by atoms with Crippen LogP contribution >= 0.6 is 27.3 Å². The van der Waals surface area contributed by atoms with Gasteiger partial charge in [0, 0.05) is 42.6 Å². The number of ether oxygens (including phenoxy) is 1. The fraction of sp³-hybridized carbons (Fsp3) is 0.444. The number of amides is 2. The van der Waals surface area contributed by atoms with Crippen LogP contribution in [0.3, 0.4) is 0 Å². The van der Waals surface area contributed by atoms with Crippen molar-refractivity contribution in [3.05, 3.63) is 38.3 Å². The van der Waals surface area contributed by atoms with Crippen LogP contribution in [0.25, 0.3) is 0 Å².